The largest absolute Gasteiger partial charge is 0.378 e. The number of carbonyl (C=O) groups is 1. The van der Waals surface area contributed by atoms with Crippen molar-refractivity contribution in [1.82, 2.24) is 10.1 Å². The molecular weight excluding hydrogens is 361 g/mol. The molecule has 2 heterocycles. The van der Waals surface area contributed by atoms with Gasteiger partial charge in [0.15, 0.2) is 0 Å². The molecule has 1 aliphatic carbocycles. The fraction of sp³-hybridized carbons (Fsp3) is 0.524. The molecule has 2 aliphatic rings. The third-order valence-corrected chi connectivity index (χ3v) is 5.29. The Labute approximate surface area is 164 Å². The molecule has 7 heteroatoms. The predicted octanol–water partition coefficient (Wildman–Crippen LogP) is 3.46. The van der Waals surface area contributed by atoms with E-state index in [9.17, 15) is 9.18 Å². The number of rotatable bonds is 6. The van der Waals surface area contributed by atoms with Crippen molar-refractivity contribution < 1.29 is 18.4 Å². The monoisotopic (exact) mass is 387 g/mol. The van der Waals surface area contributed by atoms with Crippen LogP contribution >= 0.6 is 0 Å². The van der Waals surface area contributed by atoms with E-state index in [0.717, 1.165) is 18.4 Å². The lowest BCUT2D eigenvalue weighted by molar-refractivity contribution is -0.135. The molecule has 0 unspecified atom stereocenters. The number of morpholine rings is 1. The second-order valence-corrected chi connectivity index (χ2v) is 7.75. The molecule has 0 bridgehead atoms. The van der Waals surface area contributed by atoms with Crippen molar-refractivity contribution in [2.24, 2.45) is 5.92 Å². The number of halogens is 1. The maximum Gasteiger partial charge on any atom is 0.233 e. The Hall–Kier alpha value is -2.41. The number of hydrogen-bond donors (Lipinski definition) is 0. The van der Waals surface area contributed by atoms with Crippen molar-refractivity contribution >= 4 is 11.8 Å². The van der Waals surface area contributed by atoms with Crippen LogP contribution < -0.4 is 4.90 Å². The molecule has 1 aromatic heterocycles. The van der Waals surface area contributed by atoms with E-state index in [0.29, 0.717) is 50.0 Å². The second-order valence-electron chi connectivity index (χ2n) is 7.75. The van der Waals surface area contributed by atoms with Gasteiger partial charge in [0.05, 0.1) is 25.3 Å². The lowest BCUT2D eigenvalue weighted by Crippen LogP contribution is -2.38. The molecule has 0 N–H and O–H groups in total. The summed E-state index contributed by atoms with van der Waals surface area (Å²) in [4.78, 5) is 16.8. The van der Waals surface area contributed by atoms with Crippen LogP contribution in [0, 0.1) is 11.7 Å². The summed E-state index contributed by atoms with van der Waals surface area (Å²) in [5.41, 5.74) is 1.64. The smallest absolute Gasteiger partial charge is 0.233 e. The number of aromatic nitrogens is 1. The van der Waals surface area contributed by atoms with Crippen LogP contribution in [-0.4, -0.2) is 48.3 Å². The Bertz CT molecular complexity index is 841. The van der Waals surface area contributed by atoms with Gasteiger partial charge in [-0.1, -0.05) is 31.1 Å². The van der Waals surface area contributed by atoms with Gasteiger partial charge in [-0.25, -0.2) is 4.39 Å². The Balaban J connectivity index is 1.74. The average molecular weight is 387 g/mol. The molecule has 1 saturated heterocycles. The van der Waals surface area contributed by atoms with E-state index >= 15 is 0 Å². The second kappa shape index (κ2) is 7.91. The third kappa shape index (κ3) is 3.76. The minimum atomic E-state index is -0.348. The number of carbonyl (C=O) groups excluding carboxylic acids is 1. The molecule has 1 amide bonds. The van der Waals surface area contributed by atoms with E-state index in [1.54, 1.807) is 18.2 Å². The Morgan fingerprint density at radius 1 is 1.29 bits per heavy atom. The van der Waals surface area contributed by atoms with Crippen LogP contribution in [-0.2, 0) is 16.1 Å². The van der Waals surface area contributed by atoms with Gasteiger partial charge in [0.2, 0.25) is 11.8 Å². The molecule has 1 aliphatic heterocycles. The topological polar surface area (TPSA) is 58.8 Å². The quantitative estimate of drug-likeness (QED) is 0.760. The summed E-state index contributed by atoms with van der Waals surface area (Å²) in [5.74, 6) is 0.280. The van der Waals surface area contributed by atoms with Crippen molar-refractivity contribution in [1.29, 1.82) is 0 Å². The van der Waals surface area contributed by atoms with E-state index < -0.39 is 0 Å². The van der Waals surface area contributed by atoms with Crippen LogP contribution in [0.15, 0.2) is 28.8 Å². The maximum atomic E-state index is 14.5. The maximum absolute atomic E-state index is 14.5. The lowest BCUT2D eigenvalue weighted by atomic mass is 10.0. The van der Waals surface area contributed by atoms with Gasteiger partial charge in [-0.05, 0) is 25.0 Å². The average Bonchev–Trinajstić information content (AvgIpc) is 3.46. The van der Waals surface area contributed by atoms with Crippen LogP contribution in [0.25, 0.3) is 11.3 Å². The van der Waals surface area contributed by atoms with E-state index in [2.05, 4.69) is 10.1 Å². The highest BCUT2D eigenvalue weighted by Gasteiger charge is 2.36. The van der Waals surface area contributed by atoms with Gasteiger partial charge in [0.1, 0.15) is 11.5 Å². The molecule has 0 spiro atoms. The normalized spacial score (nSPS) is 17.2. The summed E-state index contributed by atoms with van der Waals surface area (Å²) < 4.78 is 25.7. The molecule has 1 aromatic carbocycles. The van der Waals surface area contributed by atoms with Crippen molar-refractivity contribution in [2.45, 2.75) is 39.3 Å². The number of hydrogen-bond acceptors (Lipinski definition) is 5. The minimum absolute atomic E-state index is 0.0933. The van der Waals surface area contributed by atoms with Crippen molar-refractivity contribution in [3.63, 3.8) is 0 Å². The highest BCUT2D eigenvalue weighted by atomic mass is 19.1. The zero-order valence-electron chi connectivity index (χ0n) is 16.4. The molecule has 2 aromatic rings. The van der Waals surface area contributed by atoms with E-state index in [-0.39, 0.29) is 23.7 Å². The van der Waals surface area contributed by atoms with E-state index in [1.807, 2.05) is 18.7 Å². The first-order valence-corrected chi connectivity index (χ1v) is 9.93. The van der Waals surface area contributed by atoms with Crippen LogP contribution in [0.5, 0.6) is 0 Å². The van der Waals surface area contributed by atoms with Crippen LogP contribution in [0.3, 0.4) is 0 Å². The van der Waals surface area contributed by atoms with Crippen molar-refractivity contribution in [3.05, 3.63) is 35.6 Å². The minimum Gasteiger partial charge on any atom is -0.378 e. The zero-order chi connectivity index (χ0) is 19.7. The number of ether oxygens (including phenoxy) is 1. The van der Waals surface area contributed by atoms with Crippen LogP contribution in [0.1, 0.15) is 32.3 Å². The van der Waals surface area contributed by atoms with E-state index in [1.165, 1.54) is 6.07 Å². The molecule has 0 atom stereocenters. The molecule has 4 rings (SSSR count). The Morgan fingerprint density at radius 2 is 2.00 bits per heavy atom. The van der Waals surface area contributed by atoms with Gasteiger partial charge >= 0.3 is 0 Å². The predicted molar refractivity (Wildman–Crippen MR) is 103 cm³/mol. The Morgan fingerprint density at radius 3 is 2.64 bits per heavy atom. The molecule has 6 nitrogen and oxygen atoms in total. The number of anilines is 1. The molecule has 2 fully saturated rings. The molecule has 0 radical (unpaired) electrons. The summed E-state index contributed by atoms with van der Waals surface area (Å²) in [6.45, 7) is 6.76. The molecule has 150 valence electrons. The summed E-state index contributed by atoms with van der Waals surface area (Å²) in [6.07, 6.45) is 2.01. The zero-order valence-corrected chi connectivity index (χ0v) is 16.4. The number of nitrogens with zero attached hydrogens (tertiary/aromatic N) is 3. The van der Waals surface area contributed by atoms with Gasteiger partial charge in [-0.15, -0.1) is 0 Å². The summed E-state index contributed by atoms with van der Waals surface area (Å²) in [6, 6.07) is 6.80. The molecular formula is C21H26FN3O3. The van der Waals surface area contributed by atoms with Gasteiger partial charge in [-0.2, -0.15) is 0 Å². The van der Waals surface area contributed by atoms with Gasteiger partial charge in [0, 0.05) is 30.6 Å². The van der Waals surface area contributed by atoms with E-state index in [4.69, 9.17) is 9.26 Å². The van der Waals surface area contributed by atoms with Gasteiger partial charge < -0.3 is 19.1 Å². The molecule has 28 heavy (non-hydrogen) atoms. The first-order chi connectivity index (χ1) is 13.6. The van der Waals surface area contributed by atoms with Crippen molar-refractivity contribution in [3.8, 4) is 11.3 Å². The van der Waals surface area contributed by atoms with Crippen LogP contribution in [0.4, 0.5) is 10.3 Å². The Kier molecular flexibility index (Phi) is 5.35. The van der Waals surface area contributed by atoms with Crippen LogP contribution in [0.2, 0.25) is 0 Å². The highest BCUT2D eigenvalue weighted by Crippen LogP contribution is 2.37. The first kappa shape index (κ1) is 18.9. The standard InChI is InChI=1S/C21H26FN3O3/c1-14(2)20(26)25(15-7-8-15)13-17-19(16-5-3-4-6-18(16)22)23-28-21(17)24-9-11-27-12-10-24/h3-6,14-15H,7-13H2,1-2H3. The van der Waals surface area contributed by atoms with Crippen molar-refractivity contribution in [2.75, 3.05) is 31.2 Å². The lowest BCUT2D eigenvalue weighted by Gasteiger charge is -2.29. The highest BCUT2D eigenvalue weighted by molar-refractivity contribution is 5.79. The fourth-order valence-electron chi connectivity index (χ4n) is 3.60. The molecule has 1 saturated carbocycles. The summed E-state index contributed by atoms with van der Waals surface area (Å²) in [7, 11) is 0. The third-order valence-electron chi connectivity index (χ3n) is 5.29. The van der Waals surface area contributed by atoms with Gasteiger partial charge in [0.25, 0.3) is 0 Å². The fourth-order valence-corrected chi connectivity index (χ4v) is 3.60. The SMILES string of the molecule is CC(C)C(=O)N(Cc1c(-c2ccccc2F)noc1N1CCOCC1)C1CC1. The van der Waals surface area contributed by atoms with Gasteiger partial charge in [-0.3, -0.25) is 4.79 Å². The first-order valence-electron chi connectivity index (χ1n) is 9.93. The number of benzene rings is 1. The summed E-state index contributed by atoms with van der Waals surface area (Å²) in [5, 5.41) is 4.22. The number of amides is 1. The summed E-state index contributed by atoms with van der Waals surface area (Å²) >= 11 is 0.